The molecule has 0 radical (unpaired) electrons. The lowest BCUT2D eigenvalue weighted by Crippen LogP contribution is -2.29. The van der Waals surface area contributed by atoms with Gasteiger partial charge in [-0.1, -0.05) is 23.9 Å². The van der Waals surface area contributed by atoms with Crippen LogP contribution in [0.2, 0.25) is 0 Å². The number of anilines is 1. The van der Waals surface area contributed by atoms with Gasteiger partial charge >= 0.3 is 0 Å². The van der Waals surface area contributed by atoms with Crippen LogP contribution in [0.5, 0.6) is 11.5 Å². The number of hydrogen-bond acceptors (Lipinski definition) is 7. The number of thioether (sulfide) groups is 1. The molecule has 35 heavy (non-hydrogen) atoms. The second-order valence-corrected chi connectivity index (χ2v) is 8.92. The number of rotatable bonds is 7. The first kappa shape index (κ1) is 22.7. The molecule has 178 valence electrons. The molecule has 0 fully saturated rings. The summed E-state index contributed by atoms with van der Waals surface area (Å²) in [4.78, 5) is 29.6. The number of ether oxygens (including phenoxy) is 2. The van der Waals surface area contributed by atoms with Crippen molar-refractivity contribution < 1.29 is 14.3 Å². The van der Waals surface area contributed by atoms with Gasteiger partial charge in [0.1, 0.15) is 6.54 Å². The van der Waals surface area contributed by atoms with Gasteiger partial charge in [-0.2, -0.15) is 5.10 Å². The zero-order chi connectivity index (χ0) is 24.4. The van der Waals surface area contributed by atoms with Crippen molar-refractivity contribution in [2.24, 2.45) is 0 Å². The lowest BCUT2D eigenvalue weighted by atomic mass is 10.1. The van der Waals surface area contributed by atoms with Crippen molar-refractivity contribution in [2.45, 2.75) is 18.2 Å². The summed E-state index contributed by atoms with van der Waals surface area (Å²) in [6, 6.07) is 15.8. The highest BCUT2D eigenvalue weighted by Crippen LogP contribution is 2.31. The Hall–Kier alpha value is -4.05. The monoisotopic (exact) mass is 489 g/mol. The van der Waals surface area contributed by atoms with E-state index >= 15 is 0 Å². The highest BCUT2D eigenvalue weighted by molar-refractivity contribution is 7.99. The lowest BCUT2D eigenvalue weighted by Gasteiger charge is -2.11. The van der Waals surface area contributed by atoms with Crippen LogP contribution in [0.15, 0.2) is 70.7 Å². The highest BCUT2D eigenvalue weighted by Gasteiger charge is 2.15. The molecule has 0 atom stereocenters. The van der Waals surface area contributed by atoms with E-state index in [1.807, 2.05) is 36.5 Å². The first-order valence-electron chi connectivity index (χ1n) is 10.9. The molecule has 1 aliphatic heterocycles. The first-order chi connectivity index (χ1) is 17.0. The van der Waals surface area contributed by atoms with Crippen molar-refractivity contribution in [3.8, 4) is 34.0 Å². The maximum absolute atomic E-state index is 12.6. The second kappa shape index (κ2) is 9.67. The van der Waals surface area contributed by atoms with Crippen molar-refractivity contribution in [1.29, 1.82) is 0 Å². The molecule has 5 rings (SSSR count). The Kier molecular flexibility index (Phi) is 6.28. The fourth-order valence-electron chi connectivity index (χ4n) is 3.82. The molecule has 2 aromatic carbocycles. The van der Waals surface area contributed by atoms with Gasteiger partial charge in [0.25, 0.3) is 5.56 Å². The molecule has 10 heteroatoms. The van der Waals surface area contributed by atoms with Gasteiger partial charge in [-0.15, -0.1) is 0 Å². The van der Waals surface area contributed by atoms with Crippen LogP contribution in [0.1, 0.15) is 0 Å². The van der Waals surface area contributed by atoms with Gasteiger partial charge in [-0.3, -0.25) is 9.59 Å². The van der Waals surface area contributed by atoms with Crippen molar-refractivity contribution in [1.82, 2.24) is 19.3 Å². The number of carbonyl (C=O) groups is 1. The van der Waals surface area contributed by atoms with E-state index in [9.17, 15) is 9.59 Å². The predicted molar refractivity (Wildman–Crippen MR) is 134 cm³/mol. The topological polar surface area (TPSA) is 100 Å². The molecule has 4 aromatic rings. The molecular weight excluding hydrogens is 466 g/mol. The standard InChI is InChI=1S/C25H23N5O4S/c1-33-21-9-5-17(13-22(21)34-2)19-8-10-24(32)30(28-19)15-23(31)26-18-6-3-16(4-7-18)20-14-29-11-12-35-25(29)27-20/h3-10,13-14H,11-12,15H2,1-2H3,(H,26,31). The van der Waals surface area contributed by atoms with E-state index in [1.54, 1.807) is 44.2 Å². The number of hydrogen-bond donors (Lipinski definition) is 1. The molecule has 2 aromatic heterocycles. The average molecular weight is 490 g/mol. The Balaban J connectivity index is 1.29. The quantitative estimate of drug-likeness (QED) is 0.424. The zero-order valence-electron chi connectivity index (χ0n) is 19.2. The van der Waals surface area contributed by atoms with Crippen LogP contribution < -0.4 is 20.3 Å². The minimum Gasteiger partial charge on any atom is -0.493 e. The second-order valence-electron chi connectivity index (χ2n) is 7.86. The third kappa shape index (κ3) is 4.78. The summed E-state index contributed by atoms with van der Waals surface area (Å²) in [5.74, 6) is 1.84. The van der Waals surface area contributed by atoms with Crippen LogP contribution in [-0.4, -0.2) is 45.2 Å². The number of amides is 1. The Bertz CT molecular complexity index is 1420. The first-order valence-corrected chi connectivity index (χ1v) is 11.9. The van der Waals surface area contributed by atoms with E-state index in [4.69, 9.17) is 9.47 Å². The van der Waals surface area contributed by atoms with Gasteiger partial charge in [0.05, 0.1) is 25.6 Å². The van der Waals surface area contributed by atoms with Crippen LogP contribution in [0.4, 0.5) is 5.69 Å². The molecule has 1 amide bonds. The molecule has 9 nitrogen and oxygen atoms in total. The van der Waals surface area contributed by atoms with E-state index in [2.05, 4.69) is 20.0 Å². The third-order valence-corrected chi connectivity index (χ3v) is 6.58. The zero-order valence-corrected chi connectivity index (χ0v) is 20.0. The Labute approximate surface area is 205 Å². The molecule has 3 heterocycles. The number of aromatic nitrogens is 4. The fourth-order valence-corrected chi connectivity index (χ4v) is 4.76. The summed E-state index contributed by atoms with van der Waals surface area (Å²) >= 11 is 1.75. The maximum atomic E-state index is 12.6. The van der Waals surface area contributed by atoms with Crippen molar-refractivity contribution >= 4 is 23.4 Å². The van der Waals surface area contributed by atoms with Crippen molar-refractivity contribution in [3.63, 3.8) is 0 Å². The number of nitrogens with zero attached hydrogens (tertiary/aromatic N) is 4. The summed E-state index contributed by atoms with van der Waals surface area (Å²) in [5, 5.41) is 8.22. The fraction of sp³-hybridized carbons (Fsp3) is 0.200. The molecular formula is C25H23N5O4S. The van der Waals surface area contributed by atoms with E-state index in [1.165, 1.54) is 6.07 Å². The maximum Gasteiger partial charge on any atom is 0.267 e. The van der Waals surface area contributed by atoms with Crippen LogP contribution in [-0.2, 0) is 17.9 Å². The number of nitrogens with one attached hydrogen (secondary N) is 1. The number of aryl methyl sites for hydroxylation is 1. The average Bonchev–Trinajstić information content (AvgIpc) is 3.48. The van der Waals surface area contributed by atoms with Gasteiger partial charge in [0, 0.05) is 41.4 Å². The molecule has 0 unspecified atom stereocenters. The van der Waals surface area contributed by atoms with E-state index < -0.39 is 0 Å². The van der Waals surface area contributed by atoms with E-state index in [0.717, 1.165) is 39.0 Å². The summed E-state index contributed by atoms with van der Waals surface area (Å²) in [6.45, 7) is 0.758. The summed E-state index contributed by atoms with van der Waals surface area (Å²) < 4.78 is 13.9. The molecule has 1 N–H and O–H groups in total. The molecule has 0 saturated carbocycles. The van der Waals surface area contributed by atoms with E-state index in [-0.39, 0.29) is 18.0 Å². The Morgan fingerprint density at radius 2 is 1.77 bits per heavy atom. The van der Waals surface area contributed by atoms with Crippen LogP contribution in [0.25, 0.3) is 22.5 Å². The highest BCUT2D eigenvalue weighted by atomic mass is 32.2. The normalized spacial score (nSPS) is 12.3. The van der Waals surface area contributed by atoms with Gasteiger partial charge < -0.3 is 19.4 Å². The largest absolute Gasteiger partial charge is 0.493 e. The number of imidazole rings is 1. The van der Waals surface area contributed by atoms with Crippen molar-refractivity contribution in [2.75, 3.05) is 25.3 Å². The van der Waals surface area contributed by atoms with Crippen LogP contribution in [0, 0.1) is 0 Å². The van der Waals surface area contributed by atoms with Gasteiger partial charge in [-0.25, -0.2) is 9.67 Å². The summed E-state index contributed by atoms with van der Waals surface area (Å²) in [6.07, 6.45) is 2.05. The summed E-state index contributed by atoms with van der Waals surface area (Å²) in [5.41, 5.74) is 3.41. The van der Waals surface area contributed by atoms with Crippen LogP contribution >= 0.6 is 11.8 Å². The van der Waals surface area contributed by atoms with Crippen LogP contribution in [0.3, 0.4) is 0 Å². The Morgan fingerprint density at radius 3 is 2.51 bits per heavy atom. The van der Waals surface area contributed by atoms with E-state index in [0.29, 0.717) is 22.9 Å². The molecule has 0 saturated heterocycles. The molecule has 0 aliphatic carbocycles. The lowest BCUT2D eigenvalue weighted by molar-refractivity contribution is -0.117. The molecule has 1 aliphatic rings. The number of fused-ring (bicyclic) bond motifs is 1. The third-order valence-electron chi connectivity index (χ3n) is 5.61. The minimum atomic E-state index is -0.370. The van der Waals surface area contributed by atoms with Gasteiger partial charge in [0.15, 0.2) is 16.7 Å². The number of benzene rings is 2. The molecule has 0 bridgehead atoms. The Morgan fingerprint density at radius 1 is 1.00 bits per heavy atom. The van der Waals surface area contributed by atoms with Gasteiger partial charge in [0.2, 0.25) is 5.91 Å². The van der Waals surface area contributed by atoms with Gasteiger partial charge in [-0.05, 0) is 36.4 Å². The SMILES string of the molecule is COc1ccc(-c2ccc(=O)n(CC(=O)Nc3ccc(-c4cn5c(n4)SCC5)cc3)n2)cc1OC. The number of carbonyl (C=O) groups excluding carboxylic acids is 1. The smallest absolute Gasteiger partial charge is 0.267 e. The molecule has 0 spiro atoms. The van der Waals surface area contributed by atoms with Crippen molar-refractivity contribution in [3.05, 3.63) is 71.1 Å². The number of methoxy groups -OCH3 is 2. The summed E-state index contributed by atoms with van der Waals surface area (Å²) in [7, 11) is 3.11. The minimum absolute atomic E-state index is 0.216. The predicted octanol–water partition coefficient (Wildman–Crippen LogP) is 3.54.